The fourth-order valence-corrected chi connectivity index (χ4v) is 5.65. The van der Waals surface area contributed by atoms with Gasteiger partial charge in [0, 0.05) is 6.54 Å². The summed E-state index contributed by atoms with van der Waals surface area (Å²) in [5.74, 6) is -1.18. The summed E-state index contributed by atoms with van der Waals surface area (Å²) in [6.45, 7) is 13.2. The van der Waals surface area contributed by atoms with Crippen LogP contribution >= 0.6 is 0 Å². The van der Waals surface area contributed by atoms with Gasteiger partial charge < -0.3 is 25.2 Å². The first-order valence-electron chi connectivity index (χ1n) is 13.0. The summed E-state index contributed by atoms with van der Waals surface area (Å²) >= 11 is 0. The Balaban J connectivity index is 1.53. The van der Waals surface area contributed by atoms with Crippen LogP contribution in [0.2, 0.25) is 0 Å². The molecule has 0 spiro atoms. The molecule has 1 saturated heterocycles. The lowest BCUT2D eigenvalue weighted by atomic mass is 9.66. The first kappa shape index (κ1) is 27.8. The summed E-state index contributed by atoms with van der Waals surface area (Å²) in [6, 6.07) is 2.70. The molecule has 4 atom stereocenters. The third-order valence-corrected chi connectivity index (χ3v) is 8.78. The lowest BCUT2D eigenvalue weighted by molar-refractivity contribution is -0.158. The topological polar surface area (TPSA) is 116 Å². The van der Waals surface area contributed by atoms with Crippen LogP contribution in [-0.2, 0) is 25.5 Å². The number of likely N-dealkylation sites (tertiary alicyclic amines) is 1. The number of nitrogens with one attached hydrogen (secondary N) is 1. The van der Waals surface area contributed by atoms with Gasteiger partial charge in [0.25, 0.3) is 0 Å². The van der Waals surface area contributed by atoms with Crippen LogP contribution in [0.1, 0.15) is 79.2 Å². The second kappa shape index (κ2) is 10.7. The van der Waals surface area contributed by atoms with E-state index in [0.29, 0.717) is 30.9 Å². The maximum Gasteiger partial charge on any atom is 0.329 e. The molecule has 2 amide bonds. The number of hydrogen-bond donors (Lipinski definition) is 3. The van der Waals surface area contributed by atoms with Gasteiger partial charge in [-0.25, -0.2) is 4.79 Å². The molecule has 8 nitrogen and oxygen atoms in total. The molecule has 3 N–H and O–H groups in total. The Kier molecular flexibility index (Phi) is 8.26. The van der Waals surface area contributed by atoms with Gasteiger partial charge in [-0.05, 0) is 80.4 Å². The Morgan fingerprint density at radius 2 is 1.81 bits per heavy atom. The lowest BCUT2D eigenvalue weighted by Crippen LogP contribution is -2.51. The second-order valence-corrected chi connectivity index (χ2v) is 11.8. The zero-order valence-electron chi connectivity index (χ0n) is 22.5. The van der Waals surface area contributed by atoms with E-state index in [1.165, 1.54) is 23.1 Å². The summed E-state index contributed by atoms with van der Waals surface area (Å²) < 4.78 is 5.83. The highest BCUT2D eigenvalue weighted by atomic mass is 16.5. The zero-order valence-corrected chi connectivity index (χ0v) is 22.5. The SMILES string of the molecule is CC(CC1CCC(C)(C)C1(C)C)OC(=O)[C@@H]1CCCN1C(=O)[C@H](C)NC(=O)Cc1ccc(O)c(O)c1. The van der Waals surface area contributed by atoms with Crippen molar-refractivity contribution in [2.24, 2.45) is 16.7 Å². The van der Waals surface area contributed by atoms with Crippen molar-refractivity contribution >= 4 is 17.8 Å². The van der Waals surface area contributed by atoms with E-state index in [2.05, 4.69) is 33.0 Å². The monoisotopic (exact) mass is 502 g/mol. The Labute approximate surface area is 214 Å². The predicted molar refractivity (Wildman–Crippen MR) is 136 cm³/mol. The van der Waals surface area contributed by atoms with E-state index in [9.17, 15) is 24.6 Å². The average molecular weight is 503 g/mol. The number of aromatic hydroxyl groups is 2. The Morgan fingerprint density at radius 1 is 1.11 bits per heavy atom. The van der Waals surface area contributed by atoms with Gasteiger partial charge in [-0.1, -0.05) is 33.8 Å². The summed E-state index contributed by atoms with van der Waals surface area (Å²) in [5, 5.41) is 21.7. The number of benzene rings is 1. The molecule has 8 heteroatoms. The summed E-state index contributed by atoms with van der Waals surface area (Å²) in [6.07, 6.45) is 4.06. The van der Waals surface area contributed by atoms with Crippen molar-refractivity contribution in [1.29, 1.82) is 0 Å². The van der Waals surface area contributed by atoms with Crippen molar-refractivity contribution in [2.45, 2.75) is 98.3 Å². The number of phenols is 2. The number of nitrogens with zero attached hydrogens (tertiary/aromatic N) is 1. The molecule has 1 aromatic rings. The van der Waals surface area contributed by atoms with E-state index in [4.69, 9.17) is 4.74 Å². The highest BCUT2D eigenvalue weighted by Crippen LogP contribution is 2.57. The van der Waals surface area contributed by atoms with Crippen molar-refractivity contribution in [3.63, 3.8) is 0 Å². The van der Waals surface area contributed by atoms with Gasteiger partial charge in [0.15, 0.2) is 11.5 Å². The fraction of sp³-hybridized carbons (Fsp3) is 0.679. The number of ether oxygens (including phenoxy) is 1. The van der Waals surface area contributed by atoms with Gasteiger partial charge in [0.2, 0.25) is 11.8 Å². The van der Waals surface area contributed by atoms with Gasteiger partial charge in [-0.3, -0.25) is 9.59 Å². The molecule has 1 aromatic carbocycles. The summed E-state index contributed by atoms with van der Waals surface area (Å²) in [4.78, 5) is 40.1. The van der Waals surface area contributed by atoms with Crippen LogP contribution in [0.15, 0.2) is 18.2 Å². The van der Waals surface area contributed by atoms with Crippen LogP contribution in [0.5, 0.6) is 11.5 Å². The van der Waals surface area contributed by atoms with E-state index in [0.717, 1.165) is 19.3 Å². The highest BCUT2D eigenvalue weighted by Gasteiger charge is 2.48. The zero-order chi connectivity index (χ0) is 26.8. The first-order chi connectivity index (χ1) is 16.7. The second-order valence-electron chi connectivity index (χ2n) is 11.8. The van der Waals surface area contributed by atoms with Gasteiger partial charge in [0.1, 0.15) is 12.1 Å². The molecule has 2 unspecified atom stereocenters. The van der Waals surface area contributed by atoms with Crippen molar-refractivity contribution < 1.29 is 29.3 Å². The number of rotatable bonds is 8. The van der Waals surface area contributed by atoms with Crippen LogP contribution < -0.4 is 5.32 Å². The summed E-state index contributed by atoms with van der Waals surface area (Å²) in [7, 11) is 0. The molecule has 1 saturated carbocycles. The van der Waals surface area contributed by atoms with Crippen molar-refractivity contribution in [3.8, 4) is 11.5 Å². The minimum Gasteiger partial charge on any atom is -0.504 e. The standard InChI is InChI=1S/C28H42N2O6/c1-17(14-20-11-12-27(3,4)28(20,5)6)36-26(35)21-8-7-13-30(21)25(34)18(2)29-24(33)16-19-9-10-22(31)23(32)15-19/h9-10,15,17-18,20-21,31-32H,7-8,11-14,16H2,1-6H3,(H,29,33)/t17?,18-,20?,21-/m0/s1. The van der Waals surface area contributed by atoms with Gasteiger partial charge in [-0.2, -0.15) is 0 Å². The number of esters is 1. The minimum absolute atomic E-state index is 0.0528. The molecule has 1 aliphatic carbocycles. The van der Waals surface area contributed by atoms with E-state index in [1.807, 2.05) is 6.92 Å². The van der Waals surface area contributed by atoms with E-state index >= 15 is 0 Å². The summed E-state index contributed by atoms with van der Waals surface area (Å²) in [5.41, 5.74) is 0.919. The molecule has 0 radical (unpaired) electrons. The molecule has 1 aliphatic heterocycles. The van der Waals surface area contributed by atoms with Crippen LogP contribution in [-0.4, -0.2) is 57.6 Å². The predicted octanol–water partition coefficient (Wildman–Crippen LogP) is 3.92. The van der Waals surface area contributed by atoms with Gasteiger partial charge >= 0.3 is 5.97 Å². The van der Waals surface area contributed by atoms with Crippen molar-refractivity contribution in [2.75, 3.05) is 6.54 Å². The Hall–Kier alpha value is -2.77. The quantitative estimate of drug-likeness (QED) is 0.367. The lowest BCUT2D eigenvalue weighted by Gasteiger charge is -2.40. The van der Waals surface area contributed by atoms with Crippen LogP contribution in [0.3, 0.4) is 0 Å². The smallest absolute Gasteiger partial charge is 0.329 e. The molecule has 0 bridgehead atoms. The maximum atomic E-state index is 13.1. The van der Waals surface area contributed by atoms with Crippen molar-refractivity contribution in [3.05, 3.63) is 23.8 Å². The molecule has 0 aromatic heterocycles. The minimum atomic E-state index is -0.810. The molecule has 3 rings (SSSR count). The normalized spacial score (nSPS) is 24.2. The third-order valence-electron chi connectivity index (χ3n) is 8.78. The van der Waals surface area contributed by atoms with Crippen LogP contribution in [0, 0.1) is 16.7 Å². The third kappa shape index (κ3) is 5.95. The van der Waals surface area contributed by atoms with E-state index < -0.39 is 18.0 Å². The van der Waals surface area contributed by atoms with Crippen LogP contribution in [0.25, 0.3) is 0 Å². The molecular formula is C28H42N2O6. The maximum absolute atomic E-state index is 13.1. The highest BCUT2D eigenvalue weighted by molar-refractivity contribution is 5.91. The number of phenolic OH excluding ortho intramolecular Hbond substituents is 2. The van der Waals surface area contributed by atoms with Gasteiger partial charge in [0.05, 0.1) is 12.5 Å². The fourth-order valence-electron chi connectivity index (χ4n) is 5.65. The first-order valence-corrected chi connectivity index (χ1v) is 13.0. The van der Waals surface area contributed by atoms with E-state index in [1.54, 1.807) is 6.92 Å². The molecule has 2 aliphatic rings. The van der Waals surface area contributed by atoms with Crippen molar-refractivity contribution in [1.82, 2.24) is 10.2 Å². The Morgan fingerprint density at radius 3 is 2.42 bits per heavy atom. The molecular weight excluding hydrogens is 460 g/mol. The Bertz CT molecular complexity index is 988. The van der Waals surface area contributed by atoms with Gasteiger partial charge in [-0.15, -0.1) is 0 Å². The number of carbonyl (C=O) groups is 3. The van der Waals surface area contributed by atoms with Crippen LogP contribution in [0.4, 0.5) is 0 Å². The average Bonchev–Trinajstić information content (AvgIpc) is 3.34. The largest absolute Gasteiger partial charge is 0.504 e. The molecule has 36 heavy (non-hydrogen) atoms. The number of amides is 2. The number of hydrogen-bond acceptors (Lipinski definition) is 6. The molecule has 1 heterocycles. The van der Waals surface area contributed by atoms with E-state index in [-0.39, 0.29) is 46.7 Å². The number of carbonyl (C=O) groups excluding carboxylic acids is 3. The molecule has 200 valence electrons. The molecule has 2 fully saturated rings.